The molecule has 0 saturated carbocycles. The van der Waals surface area contributed by atoms with Gasteiger partial charge in [-0.25, -0.2) is 14.4 Å². The summed E-state index contributed by atoms with van der Waals surface area (Å²) in [5.74, 6) is -0.606. The van der Waals surface area contributed by atoms with E-state index in [1.54, 1.807) is 37.1 Å². The predicted octanol–water partition coefficient (Wildman–Crippen LogP) is 2.56. The molecule has 4 heterocycles. The van der Waals surface area contributed by atoms with Gasteiger partial charge in [0.2, 0.25) is 0 Å². The summed E-state index contributed by atoms with van der Waals surface area (Å²) in [6.45, 7) is 3.04. The van der Waals surface area contributed by atoms with Crippen LogP contribution in [0.3, 0.4) is 0 Å². The first-order valence-corrected chi connectivity index (χ1v) is 11.0. The van der Waals surface area contributed by atoms with Gasteiger partial charge in [0.15, 0.2) is 5.65 Å². The van der Waals surface area contributed by atoms with Crippen LogP contribution < -0.4 is 5.32 Å². The minimum absolute atomic E-state index is 0.0886. The summed E-state index contributed by atoms with van der Waals surface area (Å²) in [5.41, 5.74) is 2.86. The lowest BCUT2D eigenvalue weighted by molar-refractivity contribution is -0.00424. The van der Waals surface area contributed by atoms with Crippen LogP contribution in [0.5, 0.6) is 0 Å². The maximum atomic E-state index is 13.7. The van der Waals surface area contributed by atoms with Crippen molar-refractivity contribution in [1.82, 2.24) is 30.0 Å². The summed E-state index contributed by atoms with van der Waals surface area (Å²) in [4.78, 5) is 25.0. The Morgan fingerprint density at radius 1 is 1.36 bits per heavy atom. The molecule has 1 saturated heterocycles. The molecule has 10 heteroatoms. The van der Waals surface area contributed by atoms with Crippen molar-refractivity contribution in [3.05, 3.63) is 42.0 Å². The molecule has 1 aliphatic rings. The van der Waals surface area contributed by atoms with E-state index in [9.17, 15) is 14.3 Å². The number of aliphatic hydroxyl groups excluding tert-OH is 1. The quantitative estimate of drug-likeness (QED) is 0.428. The second kappa shape index (κ2) is 8.53. The van der Waals surface area contributed by atoms with Crippen LogP contribution in [0.15, 0.2) is 30.6 Å². The number of benzene rings is 1. The molecule has 1 aromatic carbocycles. The number of aromatic nitrogens is 5. The Kier molecular flexibility index (Phi) is 5.55. The number of carbonyl (C=O) groups excluding carboxylic acids is 1. The van der Waals surface area contributed by atoms with E-state index in [4.69, 9.17) is 4.74 Å². The lowest BCUT2D eigenvalue weighted by Gasteiger charge is -2.30. The van der Waals surface area contributed by atoms with Gasteiger partial charge in [-0.15, -0.1) is 0 Å². The maximum absolute atomic E-state index is 13.7. The van der Waals surface area contributed by atoms with E-state index in [2.05, 4.69) is 25.4 Å². The van der Waals surface area contributed by atoms with Gasteiger partial charge in [0, 0.05) is 31.8 Å². The molecule has 9 nitrogen and oxygen atoms in total. The number of ether oxygens (including phenoxy) is 1. The number of aryl methyl sites for hydroxylation is 1. The highest BCUT2D eigenvalue weighted by molar-refractivity contribution is 6.05. The number of hydrogen-bond donors (Lipinski definition) is 3. The van der Waals surface area contributed by atoms with Crippen LogP contribution in [0.2, 0.25) is 0 Å². The molecule has 4 aromatic rings. The van der Waals surface area contributed by atoms with Crippen LogP contribution in [-0.2, 0) is 11.8 Å². The summed E-state index contributed by atoms with van der Waals surface area (Å²) in [5, 5.41) is 18.8. The molecule has 1 amide bonds. The highest BCUT2D eigenvalue weighted by atomic mass is 19.1. The van der Waals surface area contributed by atoms with Crippen LogP contribution >= 0.6 is 0 Å². The molecule has 2 unspecified atom stereocenters. The van der Waals surface area contributed by atoms with Crippen molar-refractivity contribution < 1.29 is 19.0 Å². The van der Waals surface area contributed by atoms with E-state index in [0.29, 0.717) is 46.8 Å². The van der Waals surface area contributed by atoms with Crippen LogP contribution in [0.25, 0.3) is 33.5 Å². The molecule has 3 N–H and O–H groups in total. The second-order valence-electron chi connectivity index (χ2n) is 8.49. The third-order valence-corrected chi connectivity index (χ3v) is 6.30. The van der Waals surface area contributed by atoms with E-state index >= 15 is 0 Å². The Morgan fingerprint density at radius 3 is 2.94 bits per heavy atom. The van der Waals surface area contributed by atoms with E-state index in [-0.39, 0.29) is 17.6 Å². The molecule has 172 valence electrons. The number of nitrogens with one attached hydrogen (secondary N) is 2. The van der Waals surface area contributed by atoms with Gasteiger partial charge in [-0.1, -0.05) is 0 Å². The minimum Gasteiger partial charge on any atom is -0.391 e. The van der Waals surface area contributed by atoms with Crippen molar-refractivity contribution in [3.8, 4) is 11.4 Å². The average Bonchev–Trinajstić information content (AvgIpc) is 3.39. The molecule has 0 bridgehead atoms. The molecule has 1 fully saturated rings. The number of aromatic amines is 1. The third kappa shape index (κ3) is 3.96. The zero-order chi connectivity index (χ0) is 23.1. The highest BCUT2D eigenvalue weighted by Gasteiger charge is 2.28. The van der Waals surface area contributed by atoms with Crippen LogP contribution in [0.4, 0.5) is 4.39 Å². The fourth-order valence-corrected chi connectivity index (χ4v) is 4.43. The zero-order valence-corrected chi connectivity index (χ0v) is 18.4. The molecule has 0 aliphatic carbocycles. The Balaban J connectivity index is 1.43. The molecular formula is C23H25FN6O3. The summed E-state index contributed by atoms with van der Waals surface area (Å²) >= 11 is 0. The normalized spacial score (nSPS) is 16.8. The molecule has 0 spiro atoms. The Hall–Kier alpha value is -3.37. The lowest BCUT2D eigenvalue weighted by atomic mass is 9.90. The first kappa shape index (κ1) is 21.5. The molecule has 0 radical (unpaired) electrons. The minimum atomic E-state index is -0.662. The number of fused-ring (bicyclic) bond motifs is 2. The summed E-state index contributed by atoms with van der Waals surface area (Å²) in [7, 11) is 1.73. The Bertz CT molecular complexity index is 1330. The molecule has 1 aliphatic heterocycles. The number of nitrogens with zero attached hydrogens (tertiary/aromatic N) is 4. The molecule has 3 aromatic heterocycles. The van der Waals surface area contributed by atoms with Gasteiger partial charge in [0.05, 0.1) is 29.4 Å². The van der Waals surface area contributed by atoms with Gasteiger partial charge in [-0.2, -0.15) is 5.10 Å². The maximum Gasteiger partial charge on any atom is 0.255 e. The van der Waals surface area contributed by atoms with Crippen molar-refractivity contribution in [1.29, 1.82) is 0 Å². The monoisotopic (exact) mass is 452 g/mol. The van der Waals surface area contributed by atoms with E-state index in [1.807, 2.05) is 0 Å². The van der Waals surface area contributed by atoms with Gasteiger partial charge in [-0.05, 0) is 43.9 Å². The summed E-state index contributed by atoms with van der Waals surface area (Å²) in [6.07, 6.45) is 4.01. The molecule has 33 heavy (non-hydrogen) atoms. The topological polar surface area (TPSA) is 118 Å². The Morgan fingerprint density at radius 2 is 2.15 bits per heavy atom. The molecule has 2 atom stereocenters. The van der Waals surface area contributed by atoms with E-state index in [0.717, 1.165) is 18.2 Å². The second-order valence-corrected chi connectivity index (χ2v) is 8.49. The number of hydrogen-bond acceptors (Lipinski definition) is 6. The highest BCUT2D eigenvalue weighted by Crippen LogP contribution is 2.28. The summed E-state index contributed by atoms with van der Waals surface area (Å²) < 4.78 is 20.6. The van der Waals surface area contributed by atoms with Gasteiger partial charge < -0.3 is 20.1 Å². The predicted molar refractivity (Wildman–Crippen MR) is 120 cm³/mol. The molecular weight excluding hydrogens is 427 g/mol. The van der Waals surface area contributed by atoms with Crippen molar-refractivity contribution in [3.63, 3.8) is 0 Å². The van der Waals surface area contributed by atoms with Crippen LogP contribution in [-0.4, -0.2) is 61.1 Å². The fraction of sp³-hybridized carbons (Fsp3) is 0.391. The van der Waals surface area contributed by atoms with Gasteiger partial charge in [0.1, 0.15) is 22.7 Å². The Labute approximate surface area is 189 Å². The number of carbonyl (C=O) groups is 1. The number of aliphatic hydroxyl groups is 1. The standard InChI is InChI=1S/C23H25FN6O3/c1-12(21(31)13-5-7-33-8-6-13)27-23(32)16-10-25-22-20(16)28-17(11-26-22)19-15-4-3-14(24)9-18(15)30(2)29-19/h3-4,9-13,21,31H,5-8H2,1-2H3,(H,25,26)(H,27,32). The lowest BCUT2D eigenvalue weighted by Crippen LogP contribution is -2.45. The SMILES string of the molecule is CC(NC(=O)c1c[nH]c2ncc(-c3nn(C)c4cc(F)ccc34)nc12)C(O)C1CCOCC1. The number of H-pyrrole nitrogens is 1. The first-order chi connectivity index (χ1) is 15.9. The van der Waals surface area contributed by atoms with Crippen molar-refractivity contribution in [2.24, 2.45) is 13.0 Å². The van der Waals surface area contributed by atoms with Crippen LogP contribution in [0, 0.1) is 11.7 Å². The third-order valence-electron chi connectivity index (χ3n) is 6.30. The fourth-order valence-electron chi connectivity index (χ4n) is 4.43. The number of rotatable bonds is 5. The number of halogens is 1. The smallest absolute Gasteiger partial charge is 0.255 e. The average molecular weight is 452 g/mol. The van der Waals surface area contributed by atoms with Gasteiger partial charge in [-0.3, -0.25) is 9.48 Å². The number of amides is 1. The zero-order valence-electron chi connectivity index (χ0n) is 18.4. The first-order valence-electron chi connectivity index (χ1n) is 11.0. The van der Waals surface area contributed by atoms with Crippen molar-refractivity contribution >= 4 is 28.0 Å². The summed E-state index contributed by atoms with van der Waals surface area (Å²) in [6, 6.07) is 4.01. The van der Waals surface area contributed by atoms with Crippen molar-refractivity contribution in [2.75, 3.05) is 13.2 Å². The van der Waals surface area contributed by atoms with Crippen molar-refractivity contribution in [2.45, 2.75) is 31.9 Å². The molecule has 5 rings (SSSR count). The van der Waals surface area contributed by atoms with Gasteiger partial charge in [0.25, 0.3) is 5.91 Å². The van der Waals surface area contributed by atoms with E-state index < -0.39 is 12.1 Å². The van der Waals surface area contributed by atoms with Gasteiger partial charge >= 0.3 is 0 Å². The van der Waals surface area contributed by atoms with E-state index in [1.165, 1.54) is 12.1 Å². The van der Waals surface area contributed by atoms with Crippen LogP contribution in [0.1, 0.15) is 30.1 Å². The largest absolute Gasteiger partial charge is 0.391 e.